The molecule has 2 aromatic rings. The van der Waals surface area contributed by atoms with Crippen molar-refractivity contribution in [3.63, 3.8) is 0 Å². The quantitative estimate of drug-likeness (QED) is 0.865. The van der Waals surface area contributed by atoms with Crippen molar-refractivity contribution in [3.8, 4) is 11.3 Å². The number of aromatic nitrogens is 1. The van der Waals surface area contributed by atoms with Crippen LogP contribution in [0.15, 0.2) is 36.5 Å². The van der Waals surface area contributed by atoms with E-state index in [0.29, 0.717) is 28.4 Å². The summed E-state index contributed by atoms with van der Waals surface area (Å²) in [7, 11) is 0. The number of nitrogens with zero attached hydrogens (tertiary/aromatic N) is 1. The molecular formula is C19H20ClFN2O2. The maximum absolute atomic E-state index is 13.3. The lowest BCUT2D eigenvalue weighted by Crippen LogP contribution is -2.29. The fourth-order valence-corrected chi connectivity index (χ4v) is 3.17. The van der Waals surface area contributed by atoms with Crippen molar-refractivity contribution in [2.24, 2.45) is 0 Å². The van der Waals surface area contributed by atoms with Crippen molar-refractivity contribution >= 4 is 17.5 Å². The molecule has 1 aliphatic rings. The van der Waals surface area contributed by atoms with Crippen LogP contribution in [0, 0.1) is 5.82 Å². The highest BCUT2D eigenvalue weighted by molar-refractivity contribution is 6.33. The molecule has 1 aromatic heterocycles. The molecule has 1 atom stereocenters. The molecule has 0 aliphatic carbocycles. The first kappa shape index (κ1) is 17.8. The SMILES string of the molecule is O=C(NCCC1CCCCO1)c1cnc(-c2cccc(F)c2)c(Cl)c1. The summed E-state index contributed by atoms with van der Waals surface area (Å²) in [5.74, 6) is -0.585. The zero-order chi connectivity index (χ0) is 17.6. The second-order valence-corrected chi connectivity index (χ2v) is 6.51. The molecule has 0 bridgehead atoms. The number of nitrogens with one attached hydrogen (secondary N) is 1. The molecule has 0 saturated carbocycles. The first-order chi connectivity index (χ1) is 12.1. The van der Waals surface area contributed by atoms with Crippen LogP contribution in [0.5, 0.6) is 0 Å². The Bertz CT molecular complexity index is 748. The third kappa shape index (κ3) is 4.77. The first-order valence-electron chi connectivity index (χ1n) is 8.45. The van der Waals surface area contributed by atoms with Crippen molar-refractivity contribution in [2.75, 3.05) is 13.2 Å². The van der Waals surface area contributed by atoms with Gasteiger partial charge in [-0.05, 0) is 43.9 Å². The second-order valence-electron chi connectivity index (χ2n) is 6.10. The van der Waals surface area contributed by atoms with E-state index in [0.717, 1.165) is 25.9 Å². The second kappa shape index (κ2) is 8.41. The third-order valence-corrected chi connectivity index (χ3v) is 4.52. The van der Waals surface area contributed by atoms with Gasteiger partial charge in [-0.15, -0.1) is 0 Å². The van der Waals surface area contributed by atoms with Crippen molar-refractivity contribution in [2.45, 2.75) is 31.8 Å². The summed E-state index contributed by atoms with van der Waals surface area (Å²) >= 11 is 6.23. The summed E-state index contributed by atoms with van der Waals surface area (Å²) in [6.07, 6.45) is 5.83. The standard InChI is InChI=1S/C19H20ClFN2O2/c20-17-11-14(12-23-18(17)13-4-3-5-15(21)10-13)19(24)22-8-7-16-6-1-2-9-25-16/h3-5,10-12,16H,1-2,6-9H2,(H,22,24). The zero-order valence-electron chi connectivity index (χ0n) is 13.8. The maximum Gasteiger partial charge on any atom is 0.252 e. The van der Waals surface area contributed by atoms with Gasteiger partial charge in [0.15, 0.2) is 0 Å². The number of carbonyl (C=O) groups is 1. The average Bonchev–Trinajstić information content (AvgIpc) is 2.62. The Morgan fingerprint density at radius 3 is 2.96 bits per heavy atom. The molecule has 4 nitrogen and oxygen atoms in total. The van der Waals surface area contributed by atoms with Gasteiger partial charge < -0.3 is 10.1 Å². The van der Waals surface area contributed by atoms with Crippen LogP contribution < -0.4 is 5.32 Å². The number of rotatable bonds is 5. The van der Waals surface area contributed by atoms with Crippen LogP contribution >= 0.6 is 11.6 Å². The van der Waals surface area contributed by atoms with E-state index in [1.54, 1.807) is 18.2 Å². The number of ether oxygens (including phenoxy) is 1. The minimum atomic E-state index is -0.359. The van der Waals surface area contributed by atoms with E-state index in [4.69, 9.17) is 16.3 Å². The molecule has 25 heavy (non-hydrogen) atoms. The fourth-order valence-electron chi connectivity index (χ4n) is 2.89. The summed E-state index contributed by atoms with van der Waals surface area (Å²) in [4.78, 5) is 16.5. The molecule has 3 rings (SSSR count). The molecule has 0 radical (unpaired) electrons. The summed E-state index contributed by atoms with van der Waals surface area (Å²) in [5, 5.41) is 3.18. The van der Waals surface area contributed by atoms with Gasteiger partial charge in [0.2, 0.25) is 0 Å². The fraction of sp³-hybridized carbons (Fsp3) is 0.368. The van der Waals surface area contributed by atoms with Crippen molar-refractivity contribution in [3.05, 3.63) is 52.9 Å². The van der Waals surface area contributed by atoms with E-state index in [1.807, 2.05) is 0 Å². The number of benzene rings is 1. The van der Waals surface area contributed by atoms with Gasteiger partial charge in [-0.2, -0.15) is 0 Å². The molecule has 1 saturated heterocycles. The number of hydrogen-bond donors (Lipinski definition) is 1. The Labute approximate surface area is 151 Å². The Morgan fingerprint density at radius 2 is 2.24 bits per heavy atom. The van der Waals surface area contributed by atoms with Crippen LogP contribution in [-0.4, -0.2) is 30.1 Å². The molecule has 0 spiro atoms. The summed E-state index contributed by atoms with van der Waals surface area (Å²) in [5.41, 5.74) is 1.41. The number of hydrogen-bond acceptors (Lipinski definition) is 3. The number of halogens is 2. The summed E-state index contributed by atoms with van der Waals surface area (Å²) in [6, 6.07) is 7.59. The van der Waals surface area contributed by atoms with E-state index in [9.17, 15) is 9.18 Å². The Hall–Kier alpha value is -1.98. The monoisotopic (exact) mass is 362 g/mol. The van der Waals surface area contributed by atoms with Gasteiger partial charge in [0, 0.05) is 24.9 Å². The van der Waals surface area contributed by atoms with Crippen LogP contribution in [0.25, 0.3) is 11.3 Å². The minimum Gasteiger partial charge on any atom is -0.378 e. The molecule has 1 unspecified atom stereocenters. The lowest BCUT2D eigenvalue weighted by atomic mass is 10.1. The predicted octanol–water partition coefficient (Wildman–Crippen LogP) is 4.23. The van der Waals surface area contributed by atoms with Crippen molar-refractivity contribution < 1.29 is 13.9 Å². The Kier molecular flexibility index (Phi) is 6.00. The predicted molar refractivity (Wildman–Crippen MR) is 95.2 cm³/mol. The van der Waals surface area contributed by atoms with Gasteiger partial charge in [-0.25, -0.2) is 4.39 Å². The van der Waals surface area contributed by atoms with E-state index in [-0.39, 0.29) is 17.8 Å². The molecule has 1 aliphatic heterocycles. The highest BCUT2D eigenvalue weighted by Gasteiger charge is 2.15. The number of pyridine rings is 1. The van der Waals surface area contributed by atoms with Crippen molar-refractivity contribution in [1.29, 1.82) is 0 Å². The first-order valence-corrected chi connectivity index (χ1v) is 8.82. The van der Waals surface area contributed by atoms with Crippen LogP contribution in [0.4, 0.5) is 4.39 Å². The minimum absolute atomic E-state index is 0.226. The van der Waals surface area contributed by atoms with E-state index in [1.165, 1.54) is 24.8 Å². The van der Waals surface area contributed by atoms with Gasteiger partial charge >= 0.3 is 0 Å². The molecule has 132 valence electrons. The van der Waals surface area contributed by atoms with Gasteiger partial charge in [0.1, 0.15) is 5.82 Å². The molecule has 2 heterocycles. The van der Waals surface area contributed by atoms with Gasteiger partial charge in [-0.1, -0.05) is 23.7 Å². The number of amides is 1. The van der Waals surface area contributed by atoms with Gasteiger partial charge in [-0.3, -0.25) is 9.78 Å². The molecular weight excluding hydrogens is 343 g/mol. The van der Waals surface area contributed by atoms with Crippen molar-refractivity contribution in [1.82, 2.24) is 10.3 Å². The van der Waals surface area contributed by atoms with Crippen LogP contribution in [0.3, 0.4) is 0 Å². The highest BCUT2D eigenvalue weighted by atomic mass is 35.5. The smallest absolute Gasteiger partial charge is 0.252 e. The lowest BCUT2D eigenvalue weighted by molar-refractivity contribution is 0.0117. The van der Waals surface area contributed by atoms with E-state index < -0.39 is 0 Å². The van der Waals surface area contributed by atoms with Gasteiger partial charge in [0.25, 0.3) is 5.91 Å². The third-order valence-electron chi connectivity index (χ3n) is 4.23. The van der Waals surface area contributed by atoms with E-state index in [2.05, 4.69) is 10.3 Å². The normalized spacial score (nSPS) is 17.3. The maximum atomic E-state index is 13.3. The zero-order valence-corrected chi connectivity index (χ0v) is 14.6. The number of carbonyl (C=O) groups excluding carboxylic acids is 1. The summed E-state index contributed by atoms with van der Waals surface area (Å²) in [6.45, 7) is 1.35. The Morgan fingerprint density at radius 1 is 1.36 bits per heavy atom. The largest absolute Gasteiger partial charge is 0.378 e. The molecule has 1 aromatic carbocycles. The van der Waals surface area contributed by atoms with E-state index >= 15 is 0 Å². The highest BCUT2D eigenvalue weighted by Crippen LogP contribution is 2.26. The summed E-state index contributed by atoms with van der Waals surface area (Å²) < 4.78 is 19.0. The van der Waals surface area contributed by atoms with Crippen LogP contribution in [0.2, 0.25) is 5.02 Å². The Balaban J connectivity index is 1.60. The van der Waals surface area contributed by atoms with Crippen LogP contribution in [-0.2, 0) is 4.74 Å². The molecule has 1 amide bonds. The molecule has 6 heteroatoms. The lowest BCUT2D eigenvalue weighted by Gasteiger charge is -2.22. The topological polar surface area (TPSA) is 51.2 Å². The molecule has 1 fully saturated rings. The van der Waals surface area contributed by atoms with Gasteiger partial charge in [0.05, 0.1) is 22.4 Å². The molecule has 1 N–H and O–H groups in total. The average molecular weight is 363 g/mol. The van der Waals surface area contributed by atoms with Crippen LogP contribution in [0.1, 0.15) is 36.0 Å².